The van der Waals surface area contributed by atoms with Gasteiger partial charge in [0.1, 0.15) is 5.76 Å². The first-order chi connectivity index (χ1) is 11.6. The van der Waals surface area contributed by atoms with Gasteiger partial charge in [-0.3, -0.25) is 4.79 Å². The van der Waals surface area contributed by atoms with Crippen LogP contribution in [0.4, 0.5) is 0 Å². The van der Waals surface area contributed by atoms with E-state index in [9.17, 15) is 13.2 Å². The molecule has 2 heterocycles. The van der Waals surface area contributed by atoms with Crippen LogP contribution in [0.5, 0.6) is 0 Å². The molecule has 7 heteroatoms. The second-order valence-corrected chi connectivity index (χ2v) is 8.71. The smallest absolute Gasteiger partial charge is 0.210 e. The van der Waals surface area contributed by atoms with Gasteiger partial charge in [-0.05, 0) is 43.7 Å². The number of nitrogens with zero attached hydrogens (tertiary/aromatic N) is 1. The van der Waals surface area contributed by atoms with Crippen molar-refractivity contribution in [3.8, 4) is 0 Å². The van der Waals surface area contributed by atoms with Gasteiger partial charge in [0, 0.05) is 23.0 Å². The number of aromatic nitrogens is 1. The van der Waals surface area contributed by atoms with E-state index in [0.717, 1.165) is 6.26 Å². The number of rotatable bonds is 3. The van der Waals surface area contributed by atoms with Crippen LogP contribution in [0.25, 0.3) is 11.3 Å². The van der Waals surface area contributed by atoms with Crippen LogP contribution >= 0.6 is 11.6 Å². The molecule has 130 valence electrons. The van der Waals surface area contributed by atoms with Crippen molar-refractivity contribution in [2.45, 2.75) is 24.5 Å². The van der Waals surface area contributed by atoms with E-state index in [-0.39, 0.29) is 10.8 Å². The van der Waals surface area contributed by atoms with E-state index in [4.69, 9.17) is 16.3 Å². The Morgan fingerprint density at radius 3 is 2.16 bits per heavy atom. The molecule has 0 N–H and O–H groups in total. The number of carbonyl (C=O) groups is 1. The Morgan fingerprint density at radius 2 is 1.64 bits per heavy atom. The summed E-state index contributed by atoms with van der Waals surface area (Å²) in [5.74, 6) is 0.224. The summed E-state index contributed by atoms with van der Waals surface area (Å²) in [6.45, 7) is 3.38. The largest absolute Gasteiger partial charge is 0.478 e. The quantitative estimate of drug-likeness (QED) is 0.819. The van der Waals surface area contributed by atoms with Crippen molar-refractivity contribution in [2.75, 3.05) is 6.26 Å². The fraction of sp³-hybridized carbons (Fsp3) is 0.222. The lowest BCUT2D eigenvalue weighted by atomic mass is 9.93. The molecule has 1 aliphatic rings. The number of sulfone groups is 1. The third-order valence-electron chi connectivity index (χ3n) is 3.87. The third-order valence-corrected chi connectivity index (χ3v) is 5.12. The first kappa shape index (κ1) is 17.6. The third kappa shape index (κ3) is 3.32. The lowest BCUT2D eigenvalue weighted by Crippen LogP contribution is -2.29. The van der Waals surface area contributed by atoms with Gasteiger partial charge in [-0.1, -0.05) is 23.7 Å². The molecule has 25 heavy (non-hydrogen) atoms. The van der Waals surface area contributed by atoms with Crippen LogP contribution in [-0.4, -0.2) is 31.0 Å². The number of hydrogen-bond donors (Lipinski definition) is 0. The molecule has 0 fully saturated rings. The standard InChI is InChI=1S/C18H16ClNO4S/c1-18(2)17(21)15(11-4-7-13(19)8-5-11)16(24-18)12-6-9-14(20-10-12)25(3,22)23/h4-10H,1-3H3. The summed E-state index contributed by atoms with van der Waals surface area (Å²) in [4.78, 5) is 16.8. The van der Waals surface area contributed by atoms with Crippen molar-refractivity contribution in [2.24, 2.45) is 0 Å². The molecule has 2 aromatic rings. The van der Waals surface area contributed by atoms with E-state index in [1.165, 1.54) is 12.3 Å². The molecule has 1 aromatic carbocycles. The van der Waals surface area contributed by atoms with E-state index in [2.05, 4.69) is 4.98 Å². The van der Waals surface area contributed by atoms with Gasteiger partial charge in [0.25, 0.3) is 0 Å². The normalized spacial score (nSPS) is 16.9. The zero-order valence-corrected chi connectivity index (χ0v) is 15.5. The Kier molecular flexibility index (Phi) is 4.21. The Balaban J connectivity index is 2.15. The van der Waals surface area contributed by atoms with Gasteiger partial charge in [-0.15, -0.1) is 0 Å². The number of hydrogen-bond acceptors (Lipinski definition) is 5. The maximum Gasteiger partial charge on any atom is 0.210 e. The van der Waals surface area contributed by atoms with Crippen LogP contribution in [0, 0.1) is 0 Å². The van der Waals surface area contributed by atoms with E-state index in [0.29, 0.717) is 27.5 Å². The van der Waals surface area contributed by atoms with E-state index >= 15 is 0 Å². The molecular formula is C18H16ClNO4S. The van der Waals surface area contributed by atoms with Crippen molar-refractivity contribution in [3.63, 3.8) is 0 Å². The van der Waals surface area contributed by atoms with Crippen molar-refractivity contribution >= 4 is 38.6 Å². The molecule has 1 aromatic heterocycles. The first-order valence-corrected chi connectivity index (χ1v) is 9.77. The lowest BCUT2D eigenvalue weighted by molar-refractivity contribution is -0.125. The summed E-state index contributed by atoms with van der Waals surface area (Å²) in [5.41, 5.74) is 0.633. The van der Waals surface area contributed by atoms with Crippen LogP contribution in [0.15, 0.2) is 47.6 Å². The van der Waals surface area contributed by atoms with E-state index in [1.54, 1.807) is 44.2 Å². The van der Waals surface area contributed by atoms with Crippen molar-refractivity contribution in [3.05, 3.63) is 58.7 Å². The minimum atomic E-state index is -3.40. The van der Waals surface area contributed by atoms with Gasteiger partial charge in [0.05, 0.1) is 5.57 Å². The number of ether oxygens (including phenoxy) is 1. The van der Waals surface area contributed by atoms with Gasteiger partial charge in [0.15, 0.2) is 20.5 Å². The fourth-order valence-electron chi connectivity index (χ4n) is 2.57. The lowest BCUT2D eigenvalue weighted by Gasteiger charge is -2.17. The van der Waals surface area contributed by atoms with Crippen molar-refractivity contribution < 1.29 is 17.9 Å². The van der Waals surface area contributed by atoms with Gasteiger partial charge < -0.3 is 4.74 Å². The number of benzene rings is 1. The average molecular weight is 378 g/mol. The van der Waals surface area contributed by atoms with Gasteiger partial charge >= 0.3 is 0 Å². The second kappa shape index (κ2) is 5.97. The van der Waals surface area contributed by atoms with Crippen LogP contribution in [0.3, 0.4) is 0 Å². The Morgan fingerprint density at radius 1 is 1.04 bits per heavy atom. The van der Waals surface area contributed by atoms with Crippen molar-refractivity contribution in [1.82, 2.24) is 4.98 Å². The summed E-state index contributed by atoms with van der Waals surface area (Å²) in [7, 11) is -3.40. The zero-order chi connectivity index (χ0) is 18.4. The summed E-state index contributed by atoms with van der Waals surface area (Å²) in [6.07, 6.45) is 2.49. The molecule has 0 saturated heterocycles. The zero-order valence-electron chi connectivity index (χ0n) is 13.9. The second-order valence-electron chi connectivity index (χ2n) is 6.31. The van der Waals surface area contributed by atoms with Gasteiger partial charge in [-0.2, -0.15) is 0 Å². The minimum Gasteiger partial charge on any atom is -0.478 e. The number of carbonyl (C=O) groups excluding carboxylic acids is 1. The number of halogens is 1. The molecule has 0 amide bonds. The number of ketones is 1. The van der Waals surface area contributed by atoms with Crippen LogP contribution in [0.1, 0.15) is 25.0 Å². The molecule has 3 rings (SSSR count). The summed E-state index contributed by atoms with van der Waals surface area (Å²) >= 11 is 5.93. The maximum atomic E-state index is 12.8. The van der Waals surface area contributed by atoms with Crippen molar-refractivity contribution in [1.29, 1.82) is 0 Å². The van der Waals surface area contributed by atoms with E-state index in [1.807, 2.05) is 0 Å². The molecule has 0 bridgehead atoms. The first-order valence-electron chi connectivity index (χ1n) is 7.50. The fourth-order valence-corrected chi connectivity index (χ4v) is 3.26. The van der Waals surface area contributed by atoms with Gasteiger partial charge in [-0.25, -0.2) is 13.4 Å². The SMILES string of the molecule is CC1(C)OC(c2ccc(S(C)(=O)=O)nc2)=C(c2ccc(Cl)cc2)C1=O. The molecular weight excluding hydrogens is 362 g/mol. The minimum absolute atomic E-state index is 0.0338. The topological polar surface area (TPSA) is 73.3 Å². The Labute approximate surface area is 151 Å². The Hall–Kier alpha value is -2.18. The van der Waals surface area contributed by atoms with Crippen LogP contribution in [0.2, 0.25) is 5.02 Å². The predicted molar refractivity (Wildman–Crippen MR) is 95.8 cm³/mol. The average Bonchev–Trinajstić information content (AvgIpc) is 2.78. The maximum absolute atomic E-state index is 12.8. The summed E-state index contributed by atoms with van der Waals surface area (Å²) in [6, 6.07) is 9.88. The number of pyridine rings is 1. The molecule has 0 saturated carbocycles. The molecule has 0 radical (unpaired) electrons. The van der Waals surface area contributed by atoms with E-state index < -0.39 is 15.4 Å². The summed E-state index contributed by atoms with van der Waals surface area (Å²) in [5, 5.41) is 0.532. The number of Topliss-reactive ketones (excluding diaryl/α,β-unsaturated/α-hetero) is 1. The monoisotopic (exact) mass is 377 g/mol. The molecule has 0 unspecified atom stereocenters. The molecule has 5 nitrogen and oxygen atoms in total. The Bertz CT molecular complexity index is 975. The highest BCUT2D eigenvalue weighted by Crippen LogP contribution is 2.41. The highest BCUT2D eigenvalue weighted by atomic mass is 35.5. The highest BCUT2D eigenvalue weighted by molar-refractivity contribution is 7.90. The highest BCUT2D eigenvalue weighted by Gasteiger charge is 2.42. The van der Waals surface area contributed by atoms with Gasteiger partial charge in [0.2, 0.25) is 5.78 Å². The predicted octanol–water partition coefficient (Wildman–Crippen LogP) is 3.38. The molecule has 1 aliphatic heterocycles. The van der Waals surface area contributed by atoms with Crippen LogP contribution in [-0.2, 0) is 19.4 Å². The molecule has 0 atom stereocenters. The molecule has 0 spiro atoms. The van der Waals surface area contributed by atoms with Crippen LogP contribution < -0.4 is 0 Å². The molecule has 0 aliphatic carbocycles. The summed E-state index contributed by atoms with van der Waals surface area (Å²) < 4.78 is 29.0.